The molecule has 2 fully saturated rings. The Balaban J connectivity index is 1.84. The third-order valence-electron chi connectivity index (χ3n) is 5.64. The van der Waals surface area contributed by atoms with Crippen molar-refractivity contribution in [3.63, 3.8) is 0 Å². The minimum absolute atomic E-state index is 0.178. The Morgan fingerprint density at radius 3 is 2.44 bits per heavy atom. The molecule has 3 N–H and O–H groups in total. The smallest absolute Gasteiger partial charge is 0.227 e. The van der Waals surface area contributed by atoms with Gasteiger partial charge in [-0.1, -0.05) is 20.3 Å². The van der Waals surface area contributed by atoms with Crippen molar-refractivity contribution >= 4 is 5.91 Å². The second-order valence-electron chi connectivity index (χ2n) is 6.34. The molecule has 0 radical (unpaired) electrons. The van der Waals surface area contributed by atoms with Gasteiger partial charge in [-0.15, -0.1) is 0 Å². The zero-order chi connectivity index (χ0) is 13.2. The first-order valence-corrected chi connectivity index (χ1v) is 7.63. The monoisotopic (exact) mass is 252 g/mol. The Labute approximate surface area is 111 Å². The summed E-state index contributed by atoms with van der Waals surface area (Å²) < 4.78 is 0. The van der Waals surface area contributed by atoms with Gasteiger partial charge in [0.25, 0.3) is 0 Å². The highest BCUT2D eigenvalue weighted by atomic mass is 16.2. The number of carbonyl (C=O) groups is 1. The fourth-order valence-corrected chi connectivity index (χ4v) is 3.99. The number of carbonyl (C=O) groups excluding carboxylic acids is 1. The molecule has 3 nitrogen and oxygen atoms in total. The molecule has 3 unspecified atom stereocenters. The fourth-order valence-electron chi connectivity index (χ4n) is 3.99. The van der Waals surface area contributed by atoms with Crippen LogP contribution in [0.3, 0.4) is 0 Å². The van der Waals surface area contributed by atoms with Crippen molar-refractivity contribution in [3.05, 3.63) is 0 Å². The number of hydrogen-bond donors (Lipinski definition) is 2. The maximum atomic E-state index is 12.3. The predicted octanol–water partition coefficient (Wildman–Crippen LogP) is 2.30. The minimum atomic E-state index is -0.336. The average molecular weight is 252 g/mol. The van der Waals surface area contributed by atoms with Gasteiger partial charge >= 0.3 is 0 Å². The van der Waals surface area contributed by atoms with Crippen LogP contribution in [0.1, 0.15) is 52.4 Å². The highest BCUT2D eigenvalue weighted by Crippen LogP contribution is 2.48. The van der Waals surface area contributed by atoms with Crippen LogP contribution in [0.15, 0.2) is 0 Å². The molecule has 2 bridgehead atoms. The Kier molecular flexibility index (Phi) is 4.31. The van der Waals surface area contributed by atoms with Crippen LogP contribution < -0.4 is 11.1 Å². The van der Waals surface area contributed by atoms with Crippen molar-refractivity contribution < 1.29 is 4.79 Å². The number of amides is 1. The largest absolute Gasteiger partial charge is 0.355 e. The van der Waals surface area contributed by atoms with Gasteiger partial charge in [0.1, 0.15) is 0 Å². The van der Waals surface area contributed by atoms with E-state index in [1.807, 2.05) is 0 Å². The van der Waals surface area contributed by atoms with Gasteiger partial charge in [-0.25, -0.2) is 0 Å². The van der Waals surface area contributed by atoms with Gasteiger partial charge in [0, 0.05) is 13.1 Å². The van der Waals surface area contributed by atoms with Gasteiger partial charge in [0.05, 0.1) is 5.41 Å². The summed E-state index contributed by atoms with van der Waals surface area (Å²) in [6.07, 6.45) is 7.22. The van der Waals surface area contributed by atoms with E-state index >= 15 is 0 Å². The van der Waals surface area contributed by atoms with E-state index in [9.17, 15) is 4.79 Å². The standard InChI is InChI=1S/C15H28N2O/c1-3-15(4-2,10-16)14(18)17-9-13-8-11-5-6-12(13)7-11/h11-13H,3-10,16H2,1-2H3,(H,17,18). The summed E-state index contributed by atoms with van der Waals surface area (Å²) >= 11 is 0. The molecule has 2 aliphatic carbocycles. The zero-order valence-corrected chi connectivity index (χ0v) is 11.9. The Bertz CT molecular complexity index is 291. The lowest BCUT2D eigenvalue weighted by Crippen LogP contribution is -2.46. The third kappa shape index (κ3) is 2.42. The van der Waals surface area contributed by atoms with Crippen molar-refractivity contribution in [1.29, 1.82) is 0 Å². The Morgan fingerprint density at radius 1 is 1.28 bits per heavy atom. The van der Waals surface area contributed by atoms with Gasteiger partial charge in [0.15, 0.2) is 0 Å². The lowest BCUT2D eigenvalue weighted by atomic mass is 9.81. The highest BCUT2D eigenvalue weighted by molar-refractivity contribution is 5.82. The Hall–Kier alpha value is -0.570. The molecule has 0 heterocycles. The van der Waals surface area contributed by atoms with E-state index in [1.54, 1.807) is 0 Å². The molecule has 0 saturated heterocycles. The zero-order valence-electron chi connectivity index (χ0n) is 11.9. The van der Waals surface area contributed by atoms with Crippen molar-refractivity contribution in [2.24, 2.45) is 28.9 Å². The van der Waals surface area contributed by atoms with Crippen LogP contribution in [0.4, 0.5) is 0 Å². The van der Waals surface area contributed by atoms with Crippen LogP contribution in [0.25, 0.3) is 0 Å². The molecule has 0 aliphatic heterocycles. The molecule has 0 aromatic heterocycles. The Morgan fingerprint density at radius 2 is 2.00 bits per heavy atom. The van der Waals surface area contributed by atoms with E-state index in [2.05, 4.69) is 19.2 Å². The number of hydrogen-bond acceptors (Lipinski definition) is 2. The fraction of sp³-hybridized carbons (Fsp3) is 0.933. The first-order chi connectivity index (χ1) is 8.65. The number of nitrogens with two attached hydrogens (primary N) is 1. The van der Waals surface area contributed by atoms with Crippen molar-refractivity contribution in [3.8, 4) is 0 Å². The van der Waals surface area contributed by atoms with Gasteiger partial charge in [-0.3, -0.25) is 4.79 Å². The molecule has 3 atom stereocenters. The van der Waals surface area contributed by atoms with Gasteiger partial charge in [-0.2, -0.15) is 0 Å². The highest BCUT2D eigenvalue weighted by Gasteiger charge is 2.40. The number of rotatable bonds is 6. The second kappa shape index (κ2) is 5.60. The minimum Gasteiger partial charge on any atom is -0.355 e. The van der Waals surface area contributed by atoms with Crippen LogP contribution in [0, 0.1) is 23.2 Å². The maximum absolute atomic E-state index is 12.3. The topological polar surface area (TPSA) is 55.1 Å². The first kappa shape index (κ1) is 13.9. The lowest BCUT2D eigenvalue weighted by molar-refractivity contribution is -0.131. The predicted molar refractivity (Wildman–Crippen MR) is 74.0 cm³/mol. The summed E-state index contributed by atoms with van der Waals surface area (Å²) in [5.41, 5.74) is 5.48. The van der Waals surface area contributed by atoms with E-state index in [4.69, 9.17) is 5.73 Å². The van der Waals surface area contributed by atoms with Gasteiger partial charge < -0.3 is 11.1 Å². The van der Waals surface area contributed by atoms with Crippen LogP contribution in [0.2, 0.25) is 0 Å². The molecule has 0 aromatic carbocycles. The summed E-state index contributed by atoms with van der Waals surface area (Å²) in [5.74, 6) is 2.74. The number of fused-ring (bicyclic) bond motifs is 2. The lowest BCUT2D eigenvalue weighted by Gasteiger charge is -2.30. The third-order valence-corrected chi connectivity index (χ3v) is 5.64. The molecule has 0 aromatic rings. The molecule has 104 valence electrons. The summed E-state index contributed by atoms with van der Waals surface area (Å²) in [7, 11) is 0. The second-order valence-corrected chi connectivity index (χ2v) is 6.34. The van der Waals surface area contributed by atoms with Gasteiger partial charge in [0.2, 0.25) is 5.91 Å². The van der Waals surface area contributed by atoms with Gasteiger partial charge in [-0.05, 0) is 49.9 Å². The van der Waals surface area contributed by atoms with E-state index in [1.165, 1.54) is 25.7 Å². The SMILES string of the molecule is CCC(CC)(CN)C(=O)NCC1CC2CCC1C2. The van der Waals surface area contributed by atoms with E-state index in [-0.39, 0.29) is 11.3 Å². The molecule has 2 saturated carbocycles. The maximum Gasteiger partial charge on any atom is 0.227 e. The molecular weight excluding hydrogens is 224 g/mol. The van der Waals surface area contributed by atoms with Crippen molar-refractivity contribution in [2.45, 2.75) is 52.4 Å². The molecule has 1 amide bonds. The molecule has 18 heavy (non-hydrogen) atoms. The molecule has 2 rings (SSSR count). The van der Waals surface area contributed by atoms with E-state index < -0.39 is 0 Å². The first-order valence-electron chi connectivity index (χ1n) is 7.63. The quantitative estimate of drug-likeness (QED) is 0.762. The van der Waals surface area contributed by atoms with E-state index in [0.29, 0.717) is 6.54 Å². The summed E-state index contributed by atoms with van der Waals surface area (Å²) in [4.78, 5) is 12.3. The average Bonchev–Trinajstić information content (AvgIpc) is 3.01. The molecule has 2 aliphatic rings. The summed E-state index contributed by atoms with van der Waals surface area (Å²) in [6, 6.07) is 0. The van der Waals surface area contributed by atoms with Crippen molar-refractivity contribution in [2.75, 3.05) is 13.1 Å². The van der Waals surface area contributed by atoms with Crippen LogP contribution in [-0.4, -0.2) is 19.0 Å². The van der Waals surface area contributed by atoms with E-state index in [0.717, 1.165) is 37.1 Å². The van der Waals surface area contributed by atoms with Crippen LogP contribution >= 0.6 is 0 Å². The number of nitrogens with one attached hydrogen (secondary N) is 1. The molecular formula is C15H28N2O. The van der Waals surface area contributed by atoms with Crippen molar-refractivity contribution in [1.82, 2.24) is 5.32 Å². The summed E-state index contributed by atoms with van der Waals surface area (Å²) in [5, 5.41) is 3.18. The van der Waals surface area contributed by atoms with Crippen LogP contribution in [0.5, 0.6) is 0 Å². The summed E-state index contributed by atoms with van der Waals surface area (Å²) in [6.45, 7) is 5.46. The van der Waals surface area contributed by atoms with Crippen LogP contribution in [-0.2, 0) is 4.79 Å². The molecule has 0 spiro atoms. The molecule has 3 heteroatoms. The normalized spacial score (nSPS) is 30.7.